The van der Waals surface area contributed by atoms with Crippen molar-refractivity contribution in [2.24, 2.45) is 0 Å². The summed E-state index contributed by atoms with van der Waals surface area (Å²) in [5.74, 6) is 0.829. The van der Waals surface area contributed by atoms with Crippen molar-refractivity contribution < 1.29 is 14.2 Å². The number of aromatic nitrogens is 4. The van der Waals surface area contributed by atoms with Crippen LogP contribution in [-0.2, 0) is 16.0 Å². The summed E-state index contributed by atoms with van der Waals surface area (Å²) < 4.78 is 17.3. The Labute approximate surface area is 175 Å². The molecule has 3 aromatic heterocycles. The van der Waals surface area contributed by atoms with Gasteiger partial charge < -0.3 is 24.1 Å². The molecule has 30 heavy (non-hydrogen) atoms. The predicted octanol–water partition coefficient (Wildman–Crippen LogP) is 2.35. The van der Waals surface area contributed by atoms with Crippen LogP contribution in [0.4, 0.5) is 5.82 Å². The molecule has 1 N–H and O–H groups in total. The Kier molecular flexibility index (Phi) is 7.69. The lowest BCUT2D eigenvalue weighted by atomic mass is 10.2. The average Bonchev–Trinajstić information content (AvgIpc) is 2.78. The molecule has 0 radical (unpaired) electrons. The maximum absolute atomic E-state index is 13.1. The average molecular weight is 413 g/mol. The van der Waals surface area contributed by atoms with Gasteiger partial charge in [-0.05, 0) is 25.5 Å². The van der Waals surface area contributed by atoms with Crippen LogP contribution in [0.1, 0.15) is 13.3 Å². The summed E-state index contributed by atoms with van der Waals surface area (Å²) in [6.07, 6.45) is 4.14. The van der Waals surface area contributed by atoms with Gasteiger partial charge in [0.1, 0.15) is 5.52 Å². The fourth-order valence-corrected chi connectivity index (χ4v) is 3.02. The maximum Gasteiger partial charge on any atom is 0.293 e. The second-order valence-electron chi connectivity index (χ2n) is 6.53. The van der Waals surface area contributed by atoms with Crippen LogP contribution in [0.2, 0.25) is 0 Å². The van der Waals surface area contributed by atoms with Crippen molar-refractivity contribution in [1.82, 2.24) is 19.5 Å². The molecule has 0 bridgehead atoms. The summed E-state index contributed by atoms with van der Waals surface area (Å²) in [4.78, 5) is 26.3. The number of hydrogen-bond acceptors (Lipinski definition) is 8. The van der Waals surface area contributed by atoms with Gasteiger partial charge in [-0.1, -0.05) is 0 Å². The van der Waals surface area contributed by atoms with E-state index >= 15 is 0 Å². The highest BCUT2D eigenvalue weighted by Gasteiger charge is 2.13. The van der Waals surface area contributed by atoms with Gasteiger partial charge in [-0.2, -0.15) is 0 Å². The molecule has 0 aromatic carbocycles. The van der Waals surface area contributed by atoms with Gasteiger partial charge in [0, 0.05) is 51.2 Å². The van der Waals surface area contributed by atoms with Gasteiger partial charge in [-0.3, -0.25) is 9.78 Å². The summed E-state index contributed by atoms with van der Waals surface area (Å²) in [5.41, 5.74) is 2.66. The van der Waals surface area contributed by atoms with Crippen LogP contribution >= 0.6 is 0 Å². The number of anilines is 1. The van der Waals surface area contributed by atoms with Crippen LogP contribution in [0.15, 0.2) is 35.4 Å². The van der Waals surface area contributed by atoms with Crippen molar-refractivity contribution in [2.45, 2.75) is 19.9 Å². The molecule has 3 rings (SSSR count). The number of nitrogens with one attached hydrogen (secondary N) is 1. The summed E-state index contributed by atoms with van der Waals surface area (Å²) in [7, 11) is 3.22. The van der Waals surface area contributed by atoms with Gasteiger partial charge in [-0.15, -0.1) is 0 Å². The highest BCUT2D eigenvalue weighted by atomic mass is 16.5. The van der Waals surface area contributed by atoms with E-state index in [-0.39, 0.29) is 5.56 Å². The summed E-state index contributed by atoms with van der Waals surface area (Å²) >= 11 is 0. The molecule has 9 heteroatoms. The highest BCUT2D eigenvalue weighted by Crippen LogP contribution is 2.22. The van der Waals surface area contributed by atoms with Crippen molar-refractivity contribution in [1.29, 1.82) is 0 Å². The van der Waals surface area contributed by atoms with E-state index in [0.29, 0.717) is 61.3 Å². The molecule has 0 saturated carbocycles. The molecular formula is C21H27N5O4. The topological polar surface area (TPSA) is 100 Å². The Morgan fingerprint density at radius 3 is 2.70 bits per heavy atom. The molecule has 0 aliphatic carbocycles. The molecular weight excluding hydrogens is 386 g/mol. The lowest BCUT2D eigenvalue weighted by Gasteiger charge is -2.14. The standard InChI is InChI=1S/C21H27N5O4/c1-4-30-11-9-26-18-12-16(15-6-7-19(29-3)24-13-15)23-14-17(18)25-20(21(26)27)22-8-5-10-28-2/h6-7,12-14H,4-5,8-11H2,1-3H3,(H,22,25). The zero-order valence-electron chi connectivity index (χ0n) is 17.6. The summed E-state index contributed by atoms with van der Waals surface area (Å²) in [6.45, 7) is 4.57. The highest BCUT2D eigenvalue weighted by molar-refractivity contribution is 5.80. The van der Waals surface area contributed by atoms with Crippen molar-refractivity contribution in [3.8, 4) is 17.1 Å². The second-order valence-corrected chi connectivity index (χ2v) is 6.53. The minimum atomic E-state index is -0.190. The third kappa shape index (κ3) is 5.11. The second kappa shape index (κ2) is 10.7. The molecule has 0 unspecified atom stereocenters. The third-order valence-electron chi connectivity index (χ3n) is 4.55. The van der Waals surface area contributed by atoms with Crippen LogP contribution in [0, 0.1) is 0 Å². The van der Waals surface area contributed by atoms with Crippen molar-refractivity contribution in [3.63, 3.8) is 0 Å². The van der Waals surface area contributed by atoms with Crippen LogP contribution < -0.4 is 15.6 Å². The molecule has 0 saturated heterocycles. The summed E-state index contributed by atoms with van der Waals surface area (Å²) in [5, 5.41) is 3.11. The smallest absolute Gasteiger partial charge is 0.293 e. The van der Waals surface area contributed by atoms with Gasteiger partial charge in [-0.25, -0.2) is 9.97 Å². The number of rotatable bonds is 11. The quantitative estimate of drug-likeness (QED) is 0.478. The first-order chi connectivity index (χ1) is 14.7. The van der Waals surface area contributed by atoms with Crippen LogP contribution in [-0.4, -0.2) is 60.1 Å². The van der Waals surface area contributed by atoms with Crippen LogP contribution in [0.5, 0.6) is 5.88 Å². The molecule has 0 fully saturated rings. The number of pyridine rings is 2. The monoisotopic (exact) mass is 413 g/mol. The van der Waals surface area contributed by atoms with Crippen LogP contribution in [0.3, 0.4) is 0 Å². The largest absolute Gasteiger partial charge is 0.481 e. The zero-order valence-corrected chi connectivity index (χ0v) is 17.6. The normalized spacial score (nSPS) is 11.0. The maximum atomic E-state index is 13.1. The van der Waals surface area contributed by atoms with E-state index in [2.05, 4.69) is 20.3 Å². The third-order valence-corrected chi connectivity index (χ3v) is 4.55. The Morgan fingerprint density at radius 2 is 2.00 bits per heavy atom. The molecule has 0 aliphatic rings. The number of methoxy groups -OCH3 is 2. The number of nitrogens with zero attached hydrogens (tertiary/aromatic N) is 4. The molecule has 3 aromatic rings. The fraction of sp³-hybridized carbons (Fsp3) is 0.429. The molecule has 3 heterocycles. The number of ether oxygens (including phenoxy) is 3. The van der Waals surface area contributed by atoms with E-state index in [1.807, 2.05) is 19.1 Å². The zero-order chi connectivity index (χ0) is 21.3. The first-order valence-electron chi connectivity index (χ1n) is 9.89. The lowest BCUT2D eigenvalue weighted by Crippen LogP contribution is -2.27. The van der Waals surface area contributed by atoms with Gasteiger partial charge >= 0.3 is 0 Å². The van der Waals surface area contributed by atoms with E-state index in [9.17, 15) is 4.79 Å². The molecule has 0 amide bonds. The van der Waals surface area contributed by atoms with E-state index < -0.39 is 0 Å². The fourth-order valence-electron chi connectivity index (χ4n) is 3.02. The molecule has 160 valence electrons. The summed E-state index contributed by atoms with van der Waals surface area (Å²) in [6, 6.07) is 5.50. The first kappa shape index (κ1) is 21.7. The first-order valence-corrected chi connectivity index (χ1v) is 9.89. The van der Waals surface area contributed by atoms with E-state index in [1.54, 1.807) is 37.2 Å². The minimum Gasteiger partial charge on any atom is -0.481 e. The van der Waals surface area contributed by atoms with Crippen molar-refractivity contribution in [3.05, 3.63) is 40.9 Å². The van der Waals surface area contributed by atoms with Gasteiger partial charge in [0.25, 0.3) is 5.56 Å². The Bertz CT molecular complexity index is 1020. The Morgan fingerprint density at radius 1 is 1.13 bits per heavy atom. The Hall–Kier alpha value is -3.04. The van der Waals surface area contributed by atoms with E-state index in [1.165, 1.54) is 0 Å². The Balaban J connectivity index is 2.00. The van der Waals surface area contributed by atoms with Crippen LogP contribution in [0.25, 0.3) is 22.3 Å². The predicted molar refractivity (Wildman–Crippen MR) is 115 cm³/mol. The van der Waals surface area contributed by atoms with E-state index in [4.69, 9.17) is 14.2 Å². The molecule has 9 nitrogen and oxygen atoms in total. The van der Waals surface area contributed by atoms with Crippen molar-refractivity contribution in [2.75, 3.05) is 45.9 Å². The lowest BCUT2D eigenvalue weighted by molar-refractivity contribution is 0.139. The minimum absolute atomic E-state index is 0.190. The number of fused-ring (bicyclic) bond motifs is 1. The van der Waals surface area contributed by atoms with Gasteiger partial charge in [0.05, 0.1) is 31.1 Å². The molecule has 0 atom stereocenters. The van der Waals surface area contributed by atoms with E-state index in [0.717, 1.165) is 12.0 Å². The number of hydrogen-bond donors (Lipinski definition) is 1. The molecule has 0 aliphatic heterocycles. The van der Waals surface area contributed by atoms with Crippen molar-refractivity contribution >= 4 is 16.9 Å². The SMILES string of the molecule is CCOCCn1c(=O)c(NCCCOC)nc2cnc(-c3ccc(OC)nc3)cc21. The van der Waals surface area contributed by atoms with Gasteiger partial charge in [0.2, 0.25) is 5.88 Å². The molecule has 0 spiro atoms. The van der Waals surface area contributed by atoms with Gasteiger partial charge in [0.15, 0.2) is 5.82 Å².